The molecule has 3 rings (SSSR count). The molecule has 119 valence electrons. The third-order valence-electron chi connectivity index (χ3n) is 2.72. The van der Waals surface area contributed by atoms with Crippen molar-refractivity contribution in [3.63, 3.8) is 0 Å². The normalized spacial score (nSPS) is 15.0. The molecule has 0 fully saturated rings. The van der Waals surface area contributed by atoms with Crippen LogP contribution in [0.25, 0.3) is 0 Å². The molecule has 5 nitrogen and oxygen atoms in total. The number of amidine groups is 2. The van der Waals surface area contributed by atoms with Gasteiger partial charge >= 0.3 is 17.1 Å². The summed E-state index contributed by atoms with van der Waals surface area (Å²) in [5.74, 6) is 1.40. The fourth-order valence-electron chi connectivity index (χ4n) is 1.84. The first-order valence-corrected chi connectivity index (χ1v) is 5.87. The molecule has 0 atom stereocenters. The second kappa shape index (κ2) is 10.1. The Morgan fingerprint density at radius 2 is 1.18 bits per heavy atom. The molecular weight excluding hydrogens is 388 g/mol. The van der Waals surface area contributed by atoms with Gasteiger partial charge in [0.05, 0.1) is 13.1 Å². The predicted octanol–water partition coefficient (Wildman–Crippen LogP) is -7.47. The maximum atomic E-state index is 4.53. The molecule has 0 N–H and O–H groups in total. The molecule has 0 saturated heterocycles. The summed E-state index contributed by atoms with van der Waals surface area (Å²) < 4.78 is 0. The number of rotatable bonds is 2. The molecule has 0 saturated carbocycles. The Bertz CT molecular complexity index is 589. The molecule has 2 aliphatic heterocycles. The summed E-state index contributed by atoms with van der Waals surface area (Å²) in [4.78, 5) is 22.0. The summed E-state index contributed by atoms with van der Waals surface area (Å²) in [5.41, 5.74) is 3.60. The van der Waals surface area contributed by atoms with Crippen LogP contribution in [-0.4, -0.2) is 41.2 Å². The number of aliphatic imine (C=N–C) groups is 4. The van der Waals surface area contributed by atoms with Crippen LogP contribution in [0.3, 0.4) is 0 Å². The van der Waals surface area contributed by atoms with E-state index in [0.717, 1.165) is 22.8 Å². The summed E-state index contributed by atoms with van der Waals surface area (Å²) in [7, 11) is 0. The molecule has 1 aromatic heterocycles. The van der Waals surface area contributed by atoms with Crippen molar-refractivity contribution in [2.45, 2.75) is 13.8 Å². The van der Waals surface area contributed by atoms with E-state index in [2.05, 4.69) is 25.0 Å². The van der Waals surface area contributed by atoms with Gasteiger partial charge in [-0.2, -0.15) is 0 Å². The Morgan fingerprint density at radius 3 is 1.50 bits per heavy atom. The van der Waals surface area contributed by atoms with Gasteiger partial charge < -0.3 is 37.2 Å². The second-order valence-corrected chi connectivity index (χ2v) is 4.38. The second-order valence-electron chi connectivity index (χ2n) is 4.38. The van der Waals surface area contributed by atoms with Crippen LogP contribution >= 0.6 is 0 Å². The third-order valence-corrected chi connectivity index (χ3v) is 2.72. The number of hydrogen-bond donors (Lipinski definition) is 0. The monoisotopic (exact) mass is 400 g/mol. The van der Waals surface area contributed by atoms with Gasteiger partial charge in [-0.3, -0.25) is 9.98 Å². The van der Waals surface area contributed by atoms with E-state index < -0.39 is 0 Å². The van der Waals surface area contributed by atoms with Crippen molar-refractivity contribution in [1.82, 2.24) is 4.98 Å². The molecule has 3 heterocycles. The Labute approximate surface area is 158 Å². The molecule has 0 unspecified atom stereocenters. The van der Waals surface area contributed by atoms with Crippen molar-refractivity contribution in [3.05, 3.63) is 29.6 Å². The van der Waals surface area contributed by atoms with Gasteiger partial charge in [-0.25, -0.2) is 15.0 Å². The average molecular weight is 401 g/mol. The number of nitrogens with zero attached hydrogens (tertiary/aromatic N) is 5. The summed E-state index contributed by atoms with van der Waals surface area (Å²) in [6, 6.07) is 5.77. The summed E-state index contributed by atoms with van der Waals surface area (Å²) in [5, 5.41) is 0. The van der Waals surface area contributed by atoms with Gasteiger partial charge in [-0.1, -0.05) is 6.07 Å². The molecule has 0 aliphatic carbocycles. The quantitative estimate of drug-likeness (QED) is 0.454. The third kappa shape index (κ3) is 5.14. The molecule has 1 radical (unpaired) electrons. The molecular formula is C13H13Cl3FeN5. The van der Waals surface area contributed by atoms with E-state index in [1.165, 1.54) is 0 Å². The number of hydrogen-bond acceptors (Lipinski definition) is 5. The number of aromatic nitrogens is 1. The van der Waals surface area contributed by atoms with Crippen LogP contribution in [0.4, 0.5) is 0 Å². The van der Waals surface area contributed by atoms with Crippen molar-refractivity contribution >= 4 is 23.1 Å². The Morgan fingerprint density at radius 1 is 0.773 bits per heavy atom. The molecule has 0 spiro atoms. The first kappa shape index (κ1) is 23.5. The molecule has 0 amide bonds. The van der Waals surface area contributed by atoms with E-state index in [9.17, 15) is 0 Å². The van der Waals surface area contributed by atoms with Crippen LogP contribution in [0.2, 0.25) is 0 Å². The first-order valence-electron chi connectivity index (χ1n) is 5.87. The summed E-state index contributed by atoms with van der Waals surface area (Å²) in [6.07, 6.45) is 0. The van der Waals surface area contributed by atoms with Gasteiger partial charge in [0.1, 0.15) is 11.4 Å². The minimum absolute atomic E-state index is 0. The van der Waals surface area contributed by atoms with Crippen LogP contribution in [-0.2, 0) is 17.1 Å². The predicted molar refractivity (Wildman–Crippen MR) is 73.3 cm³/mol. The van der Waals surface area contributed by atoms with E-state index in [0.29, 0.717) is 24.8 Å². The summed E-state index contributed by atoms with van der Waals surface area (Å²) in [6.45, 7) is 5.27. The van der Waals surface area contributed by atoms with Crippen molar-refractivity contribution in [3.8, 4) is 0 Å². The van der Waals surface area contributed by atoms with Gasteiger partial charge in [0.15, 0.2) is 11.7 Å². The average Bonchev–Trinajstić information content (AvgIpc) is 2.98. The fourth-order valence-corrected chi connectivity index (χ4v) is 1.84. The smallest absolute Gasteiger partial charge is 1.00 e. The minimum atomic E-state index is 0. The SMILES string of the molecule is CC1=NC(c2cccc(C3=NCC(C)=N3)n2)=NC1.[Cl-].[Cl-].[Cl-].[Fe+3]. The van der Waals surface area contributed by atoms with Crippen LogP contribution < -0.4 is 37.2 Å². The van der Waals surface area contributed by atoms with Crippen LogP contribution in [0.1, 0.15) is 25.2 Å². The molecule has 0 aromatic carbocycles. The molecule has 2 aliphatic rings. The zero-order valence-corrected chi connectivity index (χ0v) is 15.2. The van der Waals surface area contributed by atoms with Gasteiger partial charge in [0.25, 0.3) is 0 Å². The van der Waals surface area contributed by atoms with E-state index in [1.54, 1.807) is 0 Å². The number of halogens is 3. The van der Waals surface area contributed by atoms with Gasteiger partial charge in [-0.15, -0.1) is 0 Å². The van der Waals surface area contributed by atoms with Gasteiger partial charge in [0, 0.05) is 11.4 Å². The van der Waals surface area contributed by atoms with Crippen LogP contribution in [0.5, 0.6) is 0 Å². The van der Waals surface area contributed by atoms with Crippen molar-refractivity contribution in [1.29, 1.82) is 0 Å². The van der Waals surface area contributed by atoms with E-state index in [4.69, 9.17) is 0 Å². The maximum absolute atomic E-state index is 4.53. The maximum Gasteiger partial charge on any atom is 3.00 e. The topological polar surface area (TPSA) is 62.3 Å². The minimum Gasteiger partial charge on any atom is -1.00 e. The molecule has 0 bridgehead atoms. The Hall–Kier alpha value is -0.781. The zero-order valence-electron chi connectivity index (χ0n) is 11.9. The van der Waals surface area contributed by atoms with E-state index in [-0.39, 0.29) is 54.3 Å². The van der Waals surface area contributed by atoms with E-state index >= 15 is 0 Å². The molecule has 9 heteroatoms. The van der Waals surface area contributed by atoms with Crippen LogP contribution in [0.15, 0.2) is 38.2 Å². The molecule has 22 heavy (non-hydrogen) atoms. The standard InChI is InChI=1S/C13H13N5.3ClH.Fe/c1-8-6-14-12(16-8)10-4-3-5-11(18-10)13-15-7-9(2)17-13;;;;/h3-5H,6-7H2,1-2H3;3*1H;/q;;;;+3/p-3. The van der Waals surface area contributed by atoms with Crippen molar-refractivity contribution in [2.24, 2.45) is 20.0 Å². The largest absolute Gasteiger partial charge is 3.00 e. The molecule has 1 aromatic rings. The van der Waals surface area contributed by atoms with Gasteiger partial charge in [-0.05, 0) is 26.0 Å². The Kier molecular flexibility index (Phi) is 10.8. The van der Waals surface area contributed by atoms with Crippen molar-refractivity contribution in [2.75, 3.05) is 13.1 Å². The van der Waals surface area contributed by atoms with Crippen molar-refractivity contribution < 1.29 is 54.3 Å². The van der Waals surface area contributed by atoms with Gasteiger partial charge in [0.2, 0.25) is 0 Å². The summed E-state index contributed by atoms with van der Waals surface area (Å²) >= 11 is 0. The Balaban J connectivity index is 0. The number of pyridine rings is 1. The first-order chi connectivity index (χ1) is 8.72. The van der Waals surface area contributed by atoms with Crippen LogP contribution in [0, 0.1) is 0 Å². The van der Waals surface area contributed by atoms with E-state index in [1.807, 2.05) is 32.0 Å². The fraction of sp³-hybridized carbons (Fsp3) is 0.308. The zero-order chi connectivity index (χ0) is 12.5.